The molecule has 1 amide bonds. The number of likely N-dealkylation sites (tertiary alicyclic amines) is 2. The Kier molecular flexibility index (Phi) is 5.50. The summed E-state index contributed by atoms with van der Waals surface area (Å²) in [5, 5.41) is 13.6. The molecule has 0 radical (unpaired) electrons. The lowest BCUT2D eigenvalue weighted by Crippen LogP contribution is -2.48. The third-order valence-electron chi connectivity index (χ3n) is 4.89. The summed E-state index contributed by atoms with van der Waals surface area (Å²) in [6, 6.07) is 2.03. The first-order valence-corrected chi connectivity index (χ1v) is 9.31. The molecular formula is C17H26N2O2S. The topological polar surface area (TPSA) is 43.8 Å². The summed E-state index contributed by atoms with van der Waals surface area (Å²) < 4.78 is 0. The van der Waals surface area contributed by atoms with Gasteiger partial charge in [0.2, 0.25) is 5.91 Å². The van der Waals surface area contributed by atoms with E-state index in [9.17, 15) is 9.90 Å². The van der Waals surface area contributed by atoms with Gasteiger partial charge in [0, 0.05) is 26.2 Å². The fraction of sp³-hybridized carbons (Fsp3) is 0.706. The van der Waals surface area contributed by atoms with Crippen LogP contribution in [-0.2, 0) is 11.2 Å². The molecule has 2 aliphatic heterocycles. The van der Waals surface area contributed by atoms with E-state index in [1.54, 1.807) is 11.3 Å². The smallest absolute Gasteiger partial charge is 0.227 e. The van der Waals surface area contributed by atoms with E-state index < -0.39 is 0 Å². The molecule has 0 saturated carbocycles. The van der Waals surface area contributed by atoms with Gasteiger partial charge in [-0.3, -0.25) is 4.79 Å². The number of aliphatic hydroxyl groups excluding tert-OH is 1. The van der Waals surface area contributed by atoms with Crippen molar-refractivity contribution in [2.75, 3.05) is 39.3 Å². The Morgan fingerprint density at radius 3 is 2.73 bits per heavy atom. The van der Waals surface area contributed by atoms with Crippen LogP contribution in [0, 0.1) is 11.8 Å². The van der Waals surface area contributed by atoms with E-state index in [1.807, 2.05) is 21.7 Å². The third-order valence-corrected chi connectivity index (χ3v) is 5.62. The molecular weight excluding hydrogens is 296 g/mol. The molecule has 0 spiro atoms. The van der Waals surface area contributed by atoms with Crippen LogP contribution in [-0.4, -0.2) is 60.1 Å². The van der Waals surface area contributed by atoms with Crippen LogP contribution in [0.25, 0.3) is 0 Å². The Morgan fingerprint density at radius 1 is 1.27 bits per heavy atom. The quantitative estimate of drug-likeness (QED) is 0.900. The van der Waals surface area contributed by atoms with Crippen molar-refractivity contribution in [3.63, 3.8) is 0 Å². The van der Waals surface area contributed by atoms with Gasteiger partial charge in [0.1, 0.15) is 0 Å². The van der Waals surface area contributed by atoms with E-state index in [2.05, 4.69) is 4.90 Å². The second-order valence-electron chi connectivity index (χ2n) is 6.77. The van der Waals surface area contributed by atoms with Crippen LogP contribution in [0.3, 0.4) is 0 Å². The molecule has 3 rings (SSSR count). The normalized spacial score (nSPS) is 26.5. The van der Waals surface area contributed by atoms with Gasteiger partial charge in [0.05, 0.1) is 6.42 Å². The Balaban J connectivity index is 1.58. The van der Waals surface area contributed by atoms with Crippen LogP contribution >= 0.6 is 11.3 Å². The fourth-order valence-electron chi connectivity index (χ4n) is 3.80. The van der Waals surface area contributed by atoms with Gasteiger partial charge in [-0.25, -0.2) is 0 Å². The standard InChI is InChI=1S/C17H26N2O2S/c20-12-16-7-15(9-18-4-1-2-5-18)10-19(11-16)17(21)8-14-3-6-22-13-14/h3,6,13,15-16,20H,1-2,4-5,7-12H2/t15-,16-/m0/s1. The van der Waals surface area contributed by atoms with Crippen molar-refractivity contribution in [1.29, 1.82) is 0 Å². The van der Waals surface area contributed by atoms with E-state index in [-0.39, 0.29) is 18.4 Å². The number of piperidine rings is 1. The molecule has 1 N–H and O–H groups in total. The predicted molar refractivity (Wildman–Crippen MR) is 89.0 cm³/mol. The summed E-state index contributed by atoms with van der Waals surface area (Å²) in [5.41, 5.74) is 1.11. The van der Waals surface area contributed by atoms with Crippen molar-refractivity contribution < 1.29 is 9.90 Å². The highest BCUT2D eigenvalue weighted by Crippen LogP contribution is 2.24. The molecule has 2 fully saturated rings. The van der Waals surface area contributed by atoms with Gasteiger partial charge in [0.15, 0.2) is 0 Å². The second-order valence-corrected chi connectivity index (χ2v) is 7.55. The van der Waals surface area contributed by atoms with Crippen LogP contribution < -0.4 is 0 Å². The summed E-state index contributed by atoms with van der Waals surface area (Å²) in [6.45, 7) is 5.25. The van der Waals surface area contributed by atoms with E-state index in [0.717, 1.165) is 31.6 Å². The molecule has 0 unspecified atom stereocenters. The minimum atomic E-state index is 0.193. The number of carbonyl (C=O) groups excluding carboxylic acids is 1. The van der Waals surface area contributed by atoms with E-state index in [1.165, 1.54) is 25.9 Å². The number of aliphatic hydroxyl groups is 1. The summed E-state index contributed by atoms with van der Waals surface area (Å²) in [4.78, 5) is 17.1. The number of rotatable bonds is 5. The zero-order valence-corrected chi connectivity index (χ0v) is 13.9. The van der Waals surface area contributed by atoms with Crippen molar-refractivity contribution in [1.82, 2.24) is 9.80 Å². The largest absolute Gasteiger partial charge is 0.396 e. The first kappa shape index (κ1) is 16.0. The second kappa shape index (κ2) is 7.57. The lowest BCUT2D eigenvalue weighted by molar-refractivity contribution is -0.134. The Hall–Kier alpha value is -0.910. The predicted octanol–water partition coefficient (Wildman–Crippen LogP) is 1.84. The molecule has 0 bridgehead atoms. The maximum atomic E-state index is 12.5. The van der Waals surface area contributed by atoms with Crippen LogP contribution in [0.1, 0.15) is 24.8 Å². The van der Waals surface area contributed by atoms with Crippen LogP contribution in [0.5, 0.6) is 0 Å². The summed E-state index contributed by atoms with van der Waals surface area (Å²) >= 11 is 1.64. The zero-order valence-electron chi connectivity index (χ0n) is 13.1. The molecule has 5 heteroatoms. The molecule has 122 valence electrons. The summed E-state index contributed by atoms with van der Waals surface area (Å²) in [7, 11) is 0. The fourth-order valence-corrected chi connectivity index (χ4v) is 4.47. The third kappa shape index (κ3) is 4.09. The van der Waals surface area contributed by atoms with Crippen molar-refractivity contribution in [3.8, 4) is 0 Å². The molecule has 2 atom stereocenters. The number of nitrogens with zero attached hydrogens (tertiary/aromatic N) is 2. The molecule has 0 aromatic carbocycles. The highest BCUT2D eigenvalue weighted by Gasteiger charge is 2.31. The van der Waals surface area contributed by atoms with Crippen molar-refractivity contribution in [2.24, 2.45) is 11.8 Å². The maximum absolute atomic E-state index is 12.5. The number of hydrogen-bond acceptors (Lipinski definition) is 4. The Labute approximate surface area is 136 Å². The molecule has 2 saturated heterocycles. The Morgan fingerprint density at radius 2 is 2.05 bits per heavy atom. The average Bonchev–Trinajstić information content (AvgIpc) is 3.20. The molecule has 0 aliphatic carbocycles. The molecule has 22 heavy (non-hydrogen) atoms. The van der Waals surface area contributed by atoms with Crippen LogP contribution in [0.2, 0.25) is 0 Å². The van der Waals surface area contributed by atoms with Crippen LogP contribution in [0.15, 0.2) is 16.8 Å². The van der Waals surface area contributed by atoms with E-state index in [4.69, 9.17) is 0 Å². The van der Waals surface area contributed by atoms with Gasteiger partial charge in [-0.05, 0) is 66.6 Å². The van der Waals surface area contributed by atoms with E-state index >= 15 is 0 Å². The lowest BCUT2D eigenvalue weighted by atomic mass is 9.89. The number of carbonyl (C=O) groups is 1. The van der Waals surface area contributed by atoms with Gasteiger partial charge in [-0.15, -0.1) is 0 Å². The molecule has 4 nitrogen and oxygen atoms in total. The van der Waals surface area contributed by atoms with Crippen LogP contribution in [0.4, 0.5) is 0 Å². The van der Waals surface area contributed by atoms with Crippen molar-refractivity contribution in [3.05, 3.63) is 22.4 Å². The summed E-state index contributed by atoms with van der Waals surface area (Å²) in [5.74, 6) is 0.964. The monoisotopic (exact) mass is 322 g/mol. The van der Waals surface area contributed by atoms with Gasteiger partial charge >= 0.3 is 0 Å². The first-order chi connectivity index (χ1) is 10.7. The molecule has 3 heterocycles. The summed E-state index contributed by atoms with van der Waals surface area (Å²) in [6.07, 6.45) is 4.15. The van der Waals surface area contributed by atoms with E-state index in [0.29, 0.717) is 12.3 Å². The van der Waals surface area contributed by atoms with Gasteiger partial charge in [0.25, 0.3) is 0 Å². The van der Waals surface area contributed by atoms with Gasteiger partial charge < -0.3 is 14.9 Å². The number of thiophene rings is 1. The van der Waals surface area contributed by atoms with Crippen molar-refractivity contribution in [2.45, 2.75) is 25.7 Å². The Bertz CT molecular complexity index is 471. The first-order valence-electron chi connectivity index (χ1n) is 8.36. The minimum absolute atomic E-state index is 0.193. The minimum Gasteiger partial charge on any atom is -0.396 e. The molecule has 2 aliphatic rings. The average molecular weight is 322 g/mol. The highest BCUT2D eigenvalue weighted by molar-refractivity contribution is 7.07. The molecule has 1 aromatic heterocycles. The van der Waals surface area contributed by atoms with Crippen molar-refractivity contribution >= 4 is 17.2 Å². The number of hydrogen-bond donors (Lipinski definition) is 1. The van der Waals surface area contributed by atoms with Gasteiger partial charge in [-0.2, -0.15) is 11.3 Å². The maximum Gasteiger partial charge on any atom is 0.227 e. The zero-order chi connectivity index (χ0) is 15.4. The highest BCUT2D eigenvalue weighted by atomic mass is 32.1. The number of amides is 1. The SMILES string of the molecule is O=C(Cc1ccsc1)N1C[C@@H](CO)C[C@@H](CN2CCCC2)C1. The van der Waals surface area contributed by atoms with Gasteiger partial charge in [-0.1, -0.05) is 0 Å². The lowest BCUT2D eigenvalue weighted by Gasteiger charge is -2.38. The molecule has 1 aromatic rings.